The Bertz CT molecular complexity index is 430. The van der Waals surface area contributed by atoms with E-state index in [1.165, 1.54) is 11.9 Å². The molecule has 1 aromatic carbocycles. The zero-order valence-electron chi connectivity index (χ0n) is 11.4. The van der Waals surface area contributed by atoms with Crippen LogP contribution in [-0.2, 0) is 0 Å². The number of carboxylic acids is 1. The first-order valence-electron chi connectivity index (χ1n) is 6.16. The van der Waals surface area contributed by atoms with Crippen molar-refractivity contribution in [2.24, 2.45) is 5.92 Å². The molecule has 100 valence electrons. The molecular weight excluding hydrogens is 246 g/mol. The van der Waals surface area contributed by atoms with Crippen molar-refractivity contribution in [3.8, 4) is 0 Å². The Morgan fingerprint density at radius 3 is 2.56 bits per heavy atom. The molecular formula is C14H21NO2S. The maximum atomic E-state index is 11.1. The second-order valence-corrected chi connectivity index (χ2v) is 5.85. The molecule has 0 aliphatic carbocycles. The molecule has 1 rings (SSSR count). The van der Waals surface area contributed by atoms with E-state index in [0.29, 0.717) is 11.5 Å². The van der Waals surface area contributed by atoms with Crippen LogP contribution in [0, 0.1) is 19.8 Å². The molecule has 0 saturated heterocycles. The molecule has 0 unspecified atom stereocenters. The van der Waals surface area contributed by atoms with Gasteiger partial charge in [0.05, 0.1) is 5.56 Å². The number of hydrogen-bond acceptors (Lipinski definition) is 3. The van der Waals surface area contributed by atoms with Crippen molar-refractivity contribution in [2.45, 2.75) is 39.0 Å². The summed E-state index contributed by atoms with van der Waals surface area (Å²) in [5.74, 6) is -0.191. The largest absolute Gasteiger partial charge is 0.478 e. The molecule has 2 N–H and O–H groups in total. The van der Waals surface area contributed by atoms with Crippen LogP contribution in [-0.4, -0.2) is 17.6 Å². The molecule has 0 saturated carbocycles. The molecule has 0 fully saturated rings. The van der Waals surface area contributed by atoms with Gasteiger partial charge in [-0.15, -0.1) is 0 Å². The number of rotatable bonds is 6. The van der Waals surface area contributed by atoms with Crippen molar-refractivity contribution in [1.82, 2.24) is 4.72 Å². The number of benzene rings is 1. The lowest BCUT2D eigenvalue weighted by molar-refractivity contribution is 0.0696. The Morgan fingerprint density at radius 2 is 2.00 bits per heavy atom. The second kappa shape index (κ2) is 6.81. The first-order valence-corrected chi connectivity index (χ1v) is 6.97. The van der Waals surface area contributed by atoms with Gasteiger partial charge in [-0.25, -0.2) is 4.79 Å². The molecule has 0 aromatic heterocycles. The molecule has 0 bridgehead atoms. The number of aryl methyl sites for hydroxylation is 2. The quantitative estimate of drug-likeness (QED) is 0.610. The third-order valence-corrected chi connectivity index (χ3v) is 3.77. The van der Waals surface area contributed by atoms with Gasteiger partial charge in [0.1, 0.15) is 0 Å². The van der Waals surface area contributed by atoms with E-state index in [2.05, 4.69) is 18.6 Å². The fourth-order valence-corrected chi connectivity index (χ4v) is 2.42. The van der Waals surface area contributed by atoms with Crippen LogP contribution < -0.4 is 4.72 Å². The third kappa shape index (κ3) is 4.35. The average Bonchev–Trinajstić information content (AvgIpc) is 2.25. The van der Waals surface area contributed by atoms with Gasteiger partial charge in [0.15, 0.2) is 0 Å². The third-order valence-electron chi connectivity index (χ3n) is 2.76. The summed E-state index contributed by atoms with van der Waals surface area (Å²) in [6.45, 7) is 9.14. The van der Waals surface area contributed by atoms with Gasteiger partial charge < -0.3 is 5.11 Å². The molecule has 0 heterocycles. The van der Waals surface area contributed by atoms with Gasteiger partial charge in [-0.05, 0) is 55.3 Å². The highest BCUT2D eigenvalue weighted by molar-refractivity contribution is 7.97. The SMILES string of the molecule is Cc1cc(C)c(C(=O)O)cc1SNCCC(C)C. The summed E-state index contributed by atoms with van der Waals surface area (Å²) < 4.78 is 3.28. The van der Waals surface area contributed by atoms with E-state index < -0.39 is 5.97 Å². The van der Waals surface area contributed by atoms with E-state index in [1.54, 1.807) is 6.07 Å². The van der Waals surface area contributed by atoms with E-state index in [1.807, 2.05) is 19.9 Å². The fourth-order valence-electron chi connectivity index (χ4n) is 1.65. The summed E-state index contributed by atoms with van der Waals surface area (Å²) in [7, 11) is 0. The zero-order chi connectivity index (χ0) is 13.7. The van der Waals surface area contributed by atoms with Crippen LogP contribution in [0.4, 0.5) is 0 Å². The Balaban J connectivity index is 2.70. The highest BCUT2D eigenvalue weighted by Crippen LogP contribution is 2.24. The summed E-state index contributed by atoms with van der Waals surface area (Å²) in [5.41, 5.74) is 2.31. The Hall–Kier alpha value is -1.00. The summed E-state index contributed by atoms with van der Waals surface area (Å²) in [5, 5.41) is 9.10. The second-order valence-electron chi connectivity index (χ2n) is 4.92. The first kappa shape index (κ1) is 15.1. The van der Waals surface area contributed by atoms with Crippen molar-refractivity contribution in [2.75, 3.05) is 6.54 Å². The van der Waals surface area contributed by atoms with E-state index in [4.69, 9.17) is 5.11 Å². The lowest BCUT2D eigenvalue weighted by Gasteiger charge is -2.11. The van der Waals surface area contributed by atoms with Crippen LogP contribution in [0.1, 0.15) is 41.8 Å². The lowest BCUT2D eigenvalue weighted by Crippen LogP contribution is -2.09. The van der Waals surface area contributed by atoms with Gasteiger partial charge in [-0.1, -0.05) is 19.9 Å². The maximum absolute atomic E-state index is 11.1. The Morgan fingerprint density at radius 1 is 1.33 bits per heavy atom. The highest BCUT2D eigenvalue weighted by Gasteiger charge is 2.10. The van der Waals surface area contributed by atoms with Crippen LogP contribution in [0.5, 0.6) is 0 Å². The zero-order valence-corrected chi connectivity index (χ0v) is 12.2. The van der Waals surface area contributed by atoms with Gasteiger partial charge >= 0.3 is 5.97 Å². The van der Waals surface area contributed by atoms with Gasteiger partial charge in [-0.2, -0.15) is 0 Å². The van der Waals surface area contributed by atoms with E-state index in [-0.39, 0.29) is 0 Å². The van der Waals surface area contributed by atoms with Gasteiger partial charge in [-0.3, -0.25) is 4.72 Å². The summed E-state index contributed by atoms with van der Waals surface area (Å²) in [6, 6.07) is 3.68. The molecule has 0 aliphatic rings. The molecule has 0 aliphatic heterocycles. The molecule has 0 atom stereocenters. The lowest BCUT2D eigenvalue weighted by atomic mass is 10.1. The number of carbonyl (C=O) groups is 1. The summed E-state index contributed by atoms with van der Waals surface area (Å²) >= 11 is 1.52. The van der Waals surface area contributed by atoms with Crippen LogP contribution in [0.2, 0.25) is 0 Å². The predicted molar refractivity (Wildman–Crippen MR) is 76.2 cm³/mol. The average molecular weight is 267 g/mol. The molecule has 0 amide bonds. The Kier molecular flexibility index (Phi) is 5.69. The molecule has 1 aromatic rings. The number of nitrogens with one attached hydrogen (secondary N) is 1. The van der Waals surface area contributed by atoms with Crippen molar-refractivity contribution >= 4 is 17.9 Å². The van der Waals surface area contributed by atoms with Crippen LogP contribution in [0.15, 0.2) is 17.0 Å². The normalized spacial score (nSPS) is 10.9. The molecule has 18 heavy (non-hydrogen) atoms. The monoisotopic (exact) mass is 267 g/mol. The minimum absolute atomic E-state index is 0.383. The van der Waals surface area contributed by atoms with Gasteiger partial charge in [0, 0.05) is 11.4 Å². The standard InChI is InChI=1S/C14H21NO2S/c1-9(2)5-6-15-18-13-8-12(14(16)17)10(3)7-11(13)4/h7-9,15H,5-6H2,1-4H3,(H,16,17). The van der Waals surface area contributed by atoms with Crippen LogP contribution >= 0.6 is 11.9 Å². The van der Waals surface area contributed by atoms with E-state index >= 15 is 0 Å². The maximum Gasteiger partial charge on any atom is 0.335 e. The number of carboxylic acid groups (broad SMARTS) is 1. The first-order chi connectivity index (χ1) is 8.41. The van der Waals surface area contributed by atoms with Crippen molar-refractivity contribution in [3.05, 3.63) is 28.8 Å². The van der Waals surface area contributed by atoms with Crippen LogP contribution in [0.25, 0.3) is 0 Å². The smallest absolute Gasteiger partial charge is 0.335 e. The van der Waals surface area contributed by atoms with Crippen LogP contribution in [0.3, 0.4) is 0 Å². The van der Waals surface area contributed by atoms with E-state index in [9.17, 15) is 4.79 Å². The fraction of sp³-hybridized carbons (Fsp3) is 0.500. The van der Waals surface area contributed by atoms with Crippen molar-refractivity contribution in [1.29, 1.82) is 0 Å². The van der Waals surface area contributed by atoms with Gasteiger partial charge in [0.2, 0.25) is 0 Å². The van der Waals surface area contributed by atoms with Crippen molar-refractivity contribution < 1.29 is 9.90 Å². The predicted octanol–water partition coefficient (Wildman–Crippen LogP) is 3.64. The van der Waals surface area contributed by atoms with Crippen molar-refractivity contribution in [3.63, 3.8) is 0 Å². The van der Waals surface area contributed by atoms with Gasteiger partial charge in [0.25, 0.3) is 0 Å². The van der Waals surface area contributed by atoms with E-state index in [0.717, 1.165) is 29.0 Å². The topological polar surface area (TPSA) is 49.3 Å². The molecule has 3 nitrogen and oxygen atoms in total. The number of aromatic carboxylic acids is 1. The molecule has 0 radical (unpaired) electrons. The number of hydrogen-bond donors (Lipinski definition) is 2. The Labute approximate surface area is 113 Å². The molecule has 0 spiro atoms. The summed E-state index contributed by atoms with van der Waals surface area (Å²) in [4.78, 5) is 12.1. The molecule has 4 heteroatoms. The summed E-state index contributed by atoms with van der Waals surface area (Å²) in [6.07, 6.45) is 1.11. The minimum atomic E-state index is -0.864. The highest BCUT2D eigenvalue weighted by atomic mass is 32.2. The minimum Gasteiger partial charge on any atom is -0.478 e.